The van der Waals surface area contributed by atoms with E-state index in [-0.39, 0.29) is 0 Å². The molecule has 0 N–H and O–H groups in total. The SMILES string of the molecule is CCc1ccc(-c2nc(C)c(C)o2)cc1C. The van der Waals surface area contributed by atoms with Gasteiger partial charge >= 0.3 is 0 Å². The van der Waals surface area contributed by atoms with Gasteiger partial charge in [0, 0.05) is 5.56 Å². The number of aromatic nitrogens is 1. The number of hydrogen-bond acceptors (Lipinski definition) is 2. The first-order valence-corrected chi connectivity index (χ1v) is 5.65. The van der Waals surface area contributed by atoms with Gasteiger partial charge in [-0.1, -0.05) is 13.0 Å². The molecule has 0 unspecified atom stereocenters. The van der Waals surface area contributed by atoms with E-state index in [1.54, 1.807) is 0 Å². The smallest absolute Gasteiger partial charge is 0.226 e. The Hall–Kier alpha value is -1.57. The lowest BCUT2D eigenvalue weighted by molar-refractivity contribution is 0.540. The zero-order valence-corrected chi connectivity index (χ0v) is 10.3. The Bertz CT molecular complexity index is 492. The molecule has 1 aromatic heterocycles. The van der Waals surface area contributed by atoms with E-state index >= 15 is 0 Å². The van der Waals surface area contributed by atoms with Crippen molar-refractivity contribution in [2.75, 3.05) is 0 Å². The molecule has 0 bridgehead atoms. The fourth-order valence-corrected chi connectivity index (χ4v) is 1.82. The van der Waals surface area contributed by atoms with E-state index < -0.39 is 0 Å². The molecule has 2 rings (SSSR count). The van der Waals surface area contributed by atoms with E-state index in [9.17, 15) is 0 Å². The lowest BCUT2D eigenvalue weighted by Crippen LogP contribution is -1.87. The van der Waals surface area contributed by atoms with Crippen LogP contribution in [0.3, 0.4) is 0 Å². The van der Waals surface area contributed by atoms with Crippen molar-refractivity contribution < 1.29 is 4.42 Å². The van der Waals surface area contributed by atoms with Crippen molar-refractivity contribution in [1.82, 2.24) is 4.98 Å². The molecule has 0 spiro atoms. The Morgan fingerprint density at radius 2 is 1.94 bits per heavy atom. The van der Waals surface area contributed by atoms with E-state index in [1.165, 1.54) is 11.1 Å². The van der Waals surface area contributed by atoms with Crippen LogP contribution in [0.5, 0.6) is 0 Å². The molecule has 0 radical (unpaired) electrons. The maximum absolute atomic E-state index is 5.62. The molecule has 0 fully saturated rings. The number of aryl methyl sites for hydroxylation is 4. The van der Waals surface area contributed by atoms with Crippen molar-refractivity contribution in [2.45, 2.75) is 34.1 Å². The highest BCUT2D eigenvalue weighted by Gasteiger charge is 2.08. The van der Waals surface area contributed by atoms with Crippen molar-refractivity contribution in [3.8, 4) is 11.5 Å². The number of rotatable bonds is 2. The molecular formula is C14H17NO. The first kappa shape index (κ1) is 10.9. The van der Waals surface area contributed by atoms with Crippen LogP contribution in [0.2, 0.25) is 0 Å². The minimum absolute atomic E-state index is 0.723. The first-order valence-electron chi connectivity index (χ1n) is 5.65. The summed E-state index contributed by atoms with van der Waals surface area (Å²) in [5.74, 6) is 1.62. The third kappa shape index (κ3) is 1.87. The minimum Gasteiger partial charge on any atom is -0.441 e. The summed E-state index contributed by atoms with van der Waals surface area (Å²) in [4.78, 5) is 4.41. The molecule has 16 heavy (non-hydrogen) atoms. The van der Waals surface area contributed by atoms with Gasteiger partial charge in [0.25, 0.3) is 0 Å². The van der Waals surface area contributed by atoms with Crippen LogP contribution in [0.25, 0.3) is 11.5 Å². The van der Waals surface area contributed by atoms with Crippen LogP contribution in [-0.4, -0.2) is 4.98 Å². The molecule has 2 nitrogen and oxygen atoms in total. The van der Waals surface area contributed by atoms with E-state index in [4.69, 9.17) is 4.42 Å². The summed E-state index contributed by atoms with van der Waals surface area (Å²) in [5.41, 5.74) is 4.70. The van der Waals surface area contributed by atoms with Gasteiger partial charge in [-0.25, -0.2) is 4.98 Å². The Morgan fingerprint density at radius 3 is 2.44 bits per heavy atom. The van der Waals surface area contributed by atoms with Gasteiger partial charge in [-0.2, -0.15) is 0 Å². The highest BCUT2D eigenvalue weighted by molar-refractivity contribution is 5.56. The zero-order chi connectivity index (χ0) is 11.7. The number of oxazole rings is 1. The lowest BCUT2D eigenvalue weighted by atomic mass is 10.0. The largest absolute Gasteiger partial charge is 0.441 e. The van der Waals surface area contributed by atoms with Crippen LogP contribution in [0.15, 0.2) is 22.6 Å². The predicted molar refractivity (Wildman–Crippen MR) is 65.5 cm³/mol. The number of hydrogen-bond donors (Lipinski definition) is 0. The molecule has 0 amide bonds. The third-order valence-electron chi connectivity index (χ3n) is 3.00. The Labute approximate surface area is 96.3 Å². The van der Waals surface area contributed by atoms with E-state index in [2.05, 4.69) is 37.0 Å². The minimum atomic E-state index is 0.723. The molecule has 2 aromatic rings. The molecule has 1 heterocycles. The van der Waals surface area contributed by atoms with Gasteiger partial charge in [-0.05, 0) is 50.5 Å². The van der Waals surface area contributed by atoms with Gasteiger partial charge in [0.2, 0.25) is 5.89 Å². The summed E-state index contributed by atoms with van der Waals surface area (Å²) in [6.07, 6.45) is 1.07. The van der Waals surface area contributed by atoms with Gasteiger partial charge in [0.1, 0.15) is 5.76 Å². The van der Waals surface area contributed by atoms with Gasteiger partial charge in [0.15, 0.2) is 0 Å². The quantitative estimate of drug-likeness (QED) is 0.761. The van der Waals surface area contributed by atoms with Crippen LogP contribution >= 0.6 is 0 Å². The van der Waals surface area contributed by atoms with Crippen molar-refractivity contribution in [3.05, 3.63) is 40.8 Å². The van der Waals surface area contributed by atoms with Gasteiger partial charge in [0.05, 0.1) is 5.69 Å². The van der Waals surface area contributed by atoms with Crippen molar-refractivity contribution in [3.63, 3.8) is 0 Å². The first-order chi connectivity index (χ1) is 7.61. The Kier molecular flexibility index (Phi) is 2.82. The molecular weight excluding hydrogens is 198 g/mol. The normalized spacial score (nSPS) is 10.8. The van der Waals surface area contributed by atoms with E-state index in [0.717, 1.165) is 29.3 Å². The Morgan fingerprint density at radius 1 is 1.19 bits per heavy atom. The fraction of sp³-hybridized carbons (Fsp3) is 0.357. The third-order valence-corrected chi connectivity index (χ3v) is 3.00. The molecule has 0 saturated heterocycles. The zero-order valence-electron chi connectivity index (χ0n) is 10.3. The number of nitrogens with zero attached hydrogens (tertiary/aromatic N) is 1. The average Bonchev–Trinajstić information content (AvgIpc) is 2.59. The molecule has 0 aliphatic heterocycles. The monoisotopic (exact) mass is 215 g/mol. The summed E-state index contributed by atoms with van der Waals surface area (Å²) in [6, 6.07) is 6.37. The van der Waals surface area contributed by atoms with Gasteiger partial charge in [-0.15, -0.1) is 0 Å². The molecule has 2 heteroatoms. The van der Waals surface area contributed by atoms with E-state index in [1.807, 2.05) is 13.8 Å². The van der Waals surface area contributed by atoms with Crippen LogP contribution in [0, 0.1) is 20.8 Å². The van der Waals surface area contributed by atoms with E-state index in [0.29, 0.717) is 0 Å². The van der Waals surface area contributed by atoms with Crippen LogP contribution in [0.4, 0.5) is 0 Å². The molecule has 1 aromatic carbocycles. The molecule has 84 valence electrons. The predicted octanol–water partition coefficient (Wildman–Crippen LogP) is 3.83. The lowest BCUT2D eigenvalue weighted by Gasteiger charge is -2.03. The maximum Gasteiger partial charge on any atom is 0.226 e. The Balaban J connectivity index is 2.45. The summed E-state index contributed by atoms with van der Waals surface area (Å²) in [5, 5.41) is 0. The molecule has 0 saturated carbocycles. The van der Waals surface area contributed by atoms with Crippen LogP contribution < -0.4 is 0 Å². The second-order valence-corrected chi connectivity index (χ2v) is 4.16. The van der Waals surface area contributed by atoms with Gasteiger partial charge in [-0.3, -0.25) is 0 Å². The van der Waals surface area contributed by atoms with Crippen LogP contribution in [-0.2, 0) is 6.42 Å². The van der Waals surface area contributed by atoms with Crippen molar-refractivity contribution in [1.29, 1.82) is 0 Å². The van der Waals surface area contributed by atoms with Gasteiger partial charge < -0.3 is 4.42 Å². The van der Waals surface area contributed by atoms with Crippen molar-refractivity contribution in [2.24, 2.45) is 0 Å². The van der Waals surface area contributed by atoms with Crippen LogP contribution in [0.1, 0.15) is 29.5 Å². The topological polar surface area (TPSA) is 26.0 Å². The molecule has 0 atom stereocenters. The average molecular weight is 215 g/mol. The summed E-state index contributed by atoms with van der Waals surface area (Å²) in [6.45, 7) is 8.21. The molecule has 0 aliphatic rings. The summed E-state index contributed by atoms with van der Waals surface area (Å²) >= 11 is 0. The highest BCUT2D eigenvalue weighted by atomic mass is 16.4. The highest BCUT2D eigenvalue weighted by Crippen LogP contribution is 2.23. The fourth-order valence-electron chi connectivity index (χ4n) is 1.82. The molecule has 0 aliphatic carbocycles. The maximum atomic E-state index is 5.62. The second-order valence-electron chi connectivity index (χ2n) is 4.16. The second kappa shape index (κ2) is 4.12. The van der Waals surface area contributed by atoms with Crippen molar-refractivity contribution >= 4 is 0 Å². The standard InChI is InChI=1S/C14H17NO/c1-5-12-6-7-13(8-9(12)2)14-15-10(3)11(4)16-14/h6-8H,5H2,1-4H3. The summed E-state index contributed by atoms with van der Waals surface area (Å²) in [7, 11) is 0. The summed E-state index contributed by atoms with van der Waals surface area (Å²) < 4.78 is 5.62. The number of benzene rings is 1.